The van der Waals surface area contributed by atoms with Crippen LogP contribution in [0.2, 0.25) is 0 Å². The number of rotatable bonds is 8. The zero-order valence-corrected chi connectivity index (χ0v) is 22.9. The molecule has 2 heteroatoms. The van der Waals surface area contributed by atoms with Gasteiger partial charge >= 0.3 is 0 Å². The van der Waals surface area contributed by atoms with Gasteiger partial charge in [0.15, 0.2) is 0 Å². The molecule has 0 aromatic heterocycles. The van der Waals surface area contributed by atoms with Crippen molar-refractivity contribution in [2.24, 2.45) is 0 Å². The molecule has 0 atom stereocenters. The monoisotopic (exact) mass is 489 g/mol. The standard InChI is InChI=1S/C35H39NO/c1-6-34(7-2)32-23-20-27(25-33(32)35(8-3,9-4)37-34)31-22-21-30(24-26(31)5)36(28-16-12-10-13-17-28)29-18-14-11-15-19-29/h10-25H,6-9H2,1-5H3. The van der Waals surface area contributed by atoms with Crippen LogP contribution in [0.25, 0.3) is 11.1 Å². The zero-order chi connectivity index (χ0) is 26.0. The van der Waals surface area contributed by atoms with E-state index < -0.39 is 0 Å². The lowest BCUT2D eigenvalue weighted by atomic mass is 9.81. The summed E-state index contributed by atoms with van der Waals surface area (Å²) in [5.74, 6) is 0. The third-order valence-electron chi connectivity index (χ3n) is 8.48. The smallest absolute Gasteiger partial charge is 0.0942 e. The van der Waals surface area contributed by atoms with Crippen LogP contribution in [0.1, 0.15) is 70.1 Å². The molecule has 0 N–H and O–H groups in total. The molecule has 0 radical (unpaired) electrons. The second-order valence-electron chi connectivity index (χ2n) is 10.3. The number of nitrogens with zero attached hydrogens (tertiary/aromatic N) is 1. The highest BCUT2D eigenvalue weighted by Gasteiger charge is 2.49. The van der Waals surface area contributed by atoms with Crippen molar-refractivity contribution in [3.63, 3.8) is 0 Å². The number of benzene rings is 4. The van der Waals surface area contributed by atoms with Crippen molar-refractivity contribution in [1.82, 2.24) is 0 Å². The van der Waals surface area contributed by atoms with Gasteiger partial charge in [0, 0.05) is 17.1 Å². The van der Waals surface area contributed by atoms with Crippen LogP contribution >= 0.6 is 0 Å². The summed E-state index contributed by atoms with van der Waals surface area (Å²) in [6.07, 6.45) is 3.98. The van der Waals surface area contributed by atoms with Crippen molar-refractivity contribution < 1.29 is 4.74 Å². The van der Waals surface area contributed by atoms with Crippen molar-refractivity contribution in [3.8, 4) is 11.1 Å². The highest BCUT2D eigenvalue weighted by atomic mass is 16.5. The minimum atomic E-state index is -0.206. The van der Waals surface area contributed by atoms with E-state index in [1.807, 2.05) is 0 Å². The van der Waals surface area contributed by atoms with Crippen LogP contribution in [-0.4, -0.2) is 0 Å². The van der Waals surface area contributed by atoms with E-state index in [-0.39, 0.29) is 11.2 Å². The third-order valence-corrected chi connectivity index (χ3v) is 8.48. The van der Waals surface area contributed by atoms with Crippen molar-refractivity contribution in [1.29, 1.82) is 0 Å². The summed E-state index contributed by atoms with van der Waals surface area (Å²) in [5.41, 5.74) is 9.68. The highest BCUT2D eigenvalue weighted by Crippen LogP contribution is 2.54. The Bertz CT molecular complexity index is 1310. The molecule has 0 bridgehead atoms. The second kappa shape index (κ2) is 10.2. The Morgan fingerprint density at radius 2 is 1.11 bits per heavy atom. The van der Waals surface area contributed by atoms with Crippen molar-refractivity contribution in [2.45, 2.75) is 71.5 Å². The molecule has 0 spiro atoms. The number of hydrogen-bond acceptors (Lipinski definition) is 2. The largest absolute Gasteiger partial charge is 0.359 e. The van der Waals surface area contributed by atoms with E-state index >= 15 is 0 Å². The molecule has 190 valence electrons. The predicted octanol–water partition coefficient (Wildman–Crippen LogP) is 10.2. The lowest BCUT2D eigenvalue weighted by Crippen LogP contribution is -2.31. The maximum absolute atomic E-state index is 6.97. The molecule has 0 unspecified atom stereocenters. The summed E-state index contributed by atoms with van der Waals surface area (Å²) >= 11 is 0. The minimum Gasteiger partial charge on any atom is -0.359 e. The van der Waals surface area contributed by atoms with E-state index in [2.05, 4.69) is 137 Å². The van der Waals surface area contributed by atoms with Gasteiger partial charge in [-0.15, -0.1) is 0 Å². The van der Waals surface area contributed by atoms with E-state index in [0.717, 1.165) is 42.7 Å². The molecule has 1 aliphatic rings. The summed E-state index contributed by atoms with van der Waals surface area (Å²) in [7, 11) is 0. The molecule has 1 heterocycles. The van der Waals surface area contributed by atoms with Crippen LogP contribution < -0.4 is 4.90 Å². The average Bonchev–Trinajstić information content (AvgIpc) is 3.24. The van der Waals surface area contributed by atoms with Gasteiger partial charge in [-0.05, 0) is 103 Å². The lowest BCUT2D eigenvalue weighted by molar-refractivity contribution is -0.151. The fraction of sp³-hybridized carbons (Fsp3) is 0.314. The summed E-state index contributed by atoms with van der Waals surface area (Å²) in [6.45, 7) is 11.3. The molecule has 1 aliphatic heterocycles. The Hall–Kier alpha value is -3.36. The molecule has 0 amide bonds. The third kappa shape index (κ3) is 4.28. The number of hydrogen-bond donors (Lipinski definition) is 0. The molecule has 0 saturated heterocycles. The van der Waals surface area contributed by atoms with E-state index in [1.54, 1.807) is 0 Å². The van der Waals surface area contributed by atoms with E-state index in [9.17, 15) is 0 Å². The summed E-state index contributed by atoms with van der Waals surface area (Å²) < 4.78 is 6.97. The van der Waals surface area contributed by atoms with Gasteiger partial charge in [-0.1, -0.05) is 82.3 Å². The summed E-state index contributed by atoms with van der Waals surface area (Å²) in [4.78, 5) is 2.32. The minimum absolute atomic E-state index is 0.176. The van der Waals surface area contributed by atoms with Crippen LogP contribution in [-0.2, 0) is 15.9 Å². The predicted molar refractivity (Wildman–Crippen MR) is 157 cm³/mol. The van der Waals surface area contributed by atoms with Crippen molar-refractivity contribution in [2.75, 3.05) is 4.90 Å². The fourth-order valence-electron chi connectivity index (χ4n) is 6.23. The summed E-state index contributed by atoms with van der Waals surface area (Å²) in [5, 5.41) is 0. The van der Waals surface area contributed by atoms with Gasteiger partial charge in [0.25, 0.3) is 0 Å². The van der Waals surface area contributed by atoms with Gasteiger partial charge in [-0.3, -0.25) is 0 Å². The van der Waals surface area contributed by atoms with E-state index in [4.69, 9.17) is 4.74 Å². The molecule has 0 saturated carbocycles. The van der Waals surface area contributed by atoms with E-state index in [0.29, 0.717) is 0 Å². The molecule has 5 rings (SSSR count). The van der Waals surface area contributed by atoms with Crippen LogP contribution in [0.5, 0.6) is 0 Å². The molecule has 0 fully saturated rings. The topological polar surface area (TPSA) is 12.5 Å². The van der Waals surface area contributed by atoms with Gasteiger partial charge in [0.05, 0.1) is 11.2 Å². The van der Waals surface area contributed by atoms with Gasteiger partial charge in [0.2, 0.25) is 0 Å². The second-order valence-corrected chi connectivity index (χ2v) is 10.3. The Morgan fingerprint density at radius 3 is 1.62 bits per heavy atom. The van der Waals surface area contributed by atoms with Crippen LogP contribution in [0.3, 0.4) is 0 Å². The first-order valence-electron chi connectivity index (χ1n) is 13.9. The number of para-hydroxylation sites is 2. The van der Waals surface area contributed by atoms with E-state index in [1.165, 1.54) is 27.8 Å². The first-order chi connectivity index (χ1) is 18.0. The Kier molecular flexibility index (Phi) is 6.96. The first-order valence-corrected chi connectivity index (χ1v) is 13.9. The quantitative estimate of drug-likeness (QED) is 0.244. The molecule has 37 heavy (non-hydrogen) atoms. The highest BCUT2D eigenvalue weighted by molar-refractivity contribution is 5.80. The molecule has 0 aliphatic carbocycles. The summed E-state index contributed by atoms with van der Waals surface area (Å²) in [6, 6.07) is 35.1. The first kappa shape index (κ1) is 25.3. The number of fused-ring (bicyclic) bond motifs is 1. The van der Waals surface area contributed by atoms with Crippen LogP contribution in [0.15, 0.2) is 97.1 Å². The number of anilines is 3. The van der Waals surface area contributed by atoms with Gasteiger partial charge in [-0.2, -0.15) is 0 Å². The average molecular weight is 490 g/mol. The Morgan fingerprint density at radius 1 is 0.568 bits per heavy atom. The maximum Gasteiger partial charge on any atom is 0.0942 e. The van der Waals surface area contributed by atoms with Crippen LogP contribution in [0, 0.1) is 6.92 Å². The fourth-order valence-corrected chi connectivity index (χ4v) is 6.23. The van der Waals surface area contributed by atoms with Gasteiger partial charge in [0.1, 0.15) is 0 Å². The van der Waals surface area contributed by atoms with Gasteiger partial charge < -0.3 is 9.64 Å². The molecular formula is C35H39NO. The Balaban J connectivity index is 1.59. The van der Waals surface area contributed by atoms with Crippen LogP contribution in [0.4, 0.5) is 17.1 Å². The Labute approximate surface area is 222 Å². The molecular weight excluding hydrogens is 450 g/mol. The zero-order valence-electron chi connectivity index (χ0n) is 22.9. The molecule has 2 nitrogen and oxygen atoms in total. The molecule has 4 aromatic carbocycles. The lowest BCUT2D eigenvalue weighted by Gasteiger charge is -2.34. The van der Waals surface area contributed by atoms with Gasteiger partial charge in [-0.25, -0.2) is 0 Å². The van der Waals surface area contributed by atoms with Crippen molar-refractivity contribution >= 4 is 17.1 Å². The number of ether oxygens (including phenoxy) is 1. The SMILES string of the molecule is CCC1(CC)OC(CC)(CC)c2cc(-c3ccc(N(c4ccccc4)c4ccccc4)cc3C)ccc21. The maximum atomic E-state index is 6.97. The normalized spacial score (nSPS) is 15.4. The molecule has 4 aromatic rings. The van der Waals surface area contributed by atoms with Crippen molar-refractivity contribution in [3.05, 3.63) is 114 Å². The number of aryl methyl sites for hydroxylation is 1.